The number of hydrogen-bond acceptors (Lipinski definition) is 6. The molecule has 0 radical (unpaired) electrons. The van der Waals surface area contributed by atoms with Crippen molar-refractivity contribution in [2.75, 3.05) is 27.3 Å². The highest BCUT2D eigenvalue weighted by Crippen LogP contribution is 2.50. The third-order valence-corrected chi connectivity index (χ3v) is 5.38. The van der Waals surface area contributed by atoms with Gasteiger partial charge in [0.2, 0.25) is 0 Å². The summed E-state index contributed by atoms with van der Waals surface area (Å²) in [6.45, 7) is 7.30. The predicted molar refractivity (Wildman–Crippen MR) is 114 cm³/mol. The van der Waals surface area contributed by atoms with Crippen LogP contribution in [0.1, 0.15) is 49.5 Å². The molecular formula is C23H29N3O4. The van der Waals surface area contributed by atoms with Crippen molar-refractivity contribution in [1.82, 2.24) is 4.90 Å². The second-order valence-electron chi connectivity index (χ2n) is 9.41. The number of ether oxygens (including phenoxy) is 3. The molecule has 0 saturated heterocycles. The molecule has 7 heteroatoms. The Balaban J connectivity index is 1.79. The normalized spacial score (nSPS) is 22.4. The third-order valence-electron chi connectivity index (χ3n) is 5.38. The highest BCUT2D eigenvalue weighted by molar-refractivity contribution is 5.94. The molecule has 1 atom stereocenters. The second-order valence-corrected chi connectivity index (χ2v) is 9.41. The smallest absolute Gasteiger partial charge is 0.283 e. The van der Waals surface area contributed by atoms with Crippen molar-refractivity contribution in [2.45, 2.75) is 39.2 Å². The van der Waals surface area contributed by atoms with Gasteiger partial charge in [0.15, 0.2) is 5.54 Å². The van der Waals surface area contributed by atoms with E-state index < -0.39 is 5.54 Å². The average Bonchev–Trinajstić information content (AvgIpc) is 3.08. The minimum absolute atomic E-state index is 0.0589. The SMILES string of the molecule is CN(C)C(=O)c1ccc2c(c1)C1(COC(N)=N1)C1=C(CCC(OCC(C)(C)C)=C1)O2. The molecule has 2 heterocycles. The van der Waals surface area contributed by atoms with E-state index in [1.54, 1.807) is 25.1 Å². The van der Waals surface area contributed by atoms with Crippen LogP contribution in [0.5, 0.6) is 5.75 Å². The average molecular weight is 412 g/mol. The van der Waals surface area contributed by atoms with Gasteiger partial charge in [-0.2, -0.15) is 0 Å². The summed E-state index contributed by atoms with van der Waals surface area (Å²) in [5.74, 6) is 2.34. The Morgan fingerprint density at radius 2 is 2.07 bits per heavy atom. The Kier molecular flexibility index (Phi) is 4.79. The quantitative estimate of drug-likeness (QED) is 0.825. The molecule has 1 aromatic carbocycles. The Morgan fingerprint density at radius 1 is 1.30 bits per heavy atom. The fraction of sp³-hybridized carbons (Fsp3) is 0.478. The number of amidine groups is 1. The van der Waals surface area contributed by atoms with Crippen LogP contribution in [0.25, 0.3) is 0 Å². The van der Waals surface area contributed by atoms with Crippen molar-refractivity contribution >= 4 is 11.9 Å². The fourth-order valence-corrected chi connectivity index (χ4v) is 3.88. The summed E-state index contributed by atoms with van der Waals surface area (Å²) in [6, 6.07) is 5.58. The zero-order chi connectivity index (χ0) is 21.7. The van der Waals surface area contributed by atoms with Gasteiger partial charge in [-0.25, -0.2) is 4.99 Å². The Labute approximate surface area is 177 Å². The number of hydrogen-bond donors (Lipinski definition) is 1. The number of carbonyl (C=O) groups excluding carboxylic acids is 1. The predicted octanol–water partition coefficient (Wildman–Crippen LogP) is 3.32. The Hall–Kier alpha value is -2.96. The lowest BCUT2D eigenvalue weighted by Gasteiger charge is -2.37. The fourth-order valence-electron chi connectivity index (χ4n) is 3.88. The molecular weight excluding hydrogens is 382 g/mol. The molecule has 1 amide bonds. The lowest BCUT2D eigenvalue weighted by molar-refractivity contribution is 0.0827. The molecule has 4 rings (SSSR count). The first-order valence-corrected chi connectivity index (χ1v) is 10.2. The first kappa shape index (κ1) is 20.3. The topological polar surface area (TPSA) is 86.4 Å². The van der Waals surface area contributed by atoms with Crippen LogP contribution in [-0.4, -0.2) is 44.1 Å². The van der Waals surface area contributed by atoms with Gasteiger partial charge in [0.25, 0.3) is 11.9 Å². The molecule has 0 aromatic heterocycles. The van der Waals surface area contributed by atoms with Crippen LogP contribution in [0, 0.1) is 5.41 Å². The summed E-state index contributed by atoms with van der Waals surface area (Å²) in [5.41, 5.74) is 7.41. The molecule has 1 spiro atoms. The number of fused-ring (bicyclic) bond motifs is 3. The maximum atomic E-state index is 12.6. The molecule has 0 saturated carbocycles. The lowest BCUT2D eigenvalue weighted by atomic mass is 9.78. The number of rotatable bonds is 3. The van der Waals surface area contributed by atoms with E-state index in [1.165, 1.54) is 0 Å². The molecule has 3 aliphatic rings. The maximum Gasteiger partial charge on any atom is 0.283 e. The summed E-state index contributed by atoms with van der Waals surface area (Å²) in [4.78, 5) is 18.8. The molecule has 1 aliphatic carbocycles. The molecule has 1 unspecified atom stereocenters. The number of amides is 1. The number of benzene rings is 1. The van der Waals surface area contributed by atoms with Gasteiger partial charge in [-0.05, 0) is 29.7 Å². The molecule has 160 valence electrons. The van der Waals surface area contributed by atoms with Crippen molar-refractivity contribution in [3.63, 3.8) is 0 Å². The van der Waals surface area contributed by atoms with Crippen LogP contribution >= 0.6 is 0 Å². The van der Waals surface area contributed by atoms with E-state index in [0.29, 0.717) is 24.3 Å². The van der Waals surface area contributed by atoms with E-state index in [-0.39, 0.29) is 24.0 Å². The van der Waals surface area contributed by atoms with Gasteiger partial charge in [-0.1, -0.05) is 20.8 Å². The zero-order valence-corrected chi connectivity index (χ0v) is 18.2. The Morgan fingerprint density at radius 3 is 2.70 bits per heavy atom. The molecule has 30 heavy (non-hydrogen) atoms. The second kappa shape index (κ2) is 7.07. The van der Waals surface area contributed by atoms with Crippen LogP contribution in [0.3, 0.4) is 0 Å². The van der Waals surface area contributed by atoms with E-state index >= 15 is 0 Å². The molecule has 2 N–H and O–H groups in total. The maximum absolute atomic E-state index is 12.6. The van der Waals surface area contributed by atoms with E-state index in [4.69, 9.17) is 24.9 Å². The van der Waals surface area contributed by atoms with Crippen LogP contribution < -0.4 is 10.5 Å². The van der Waals surface area contributed by atoms with Gasteiger partial charge < -0.3 is 24.8 Å². The monoisotopic (exact) mass is 411 g/mol. The van der Waals surface area contributed by atoms with Crippen molar-refractivity contribution in [1.29, 1.82) is 0 Å². The number of aliphatic imine (C=N–C) groups is 1. The van der Waals surface area contributed by atoms with Crippen LogP contribution in [0.2, 0.25) is 0 Å². The minimum atomic E-state index is -0.841. The zero-order valence-electron chi connectivity index (χ0n) is 18.2. The van der Waals surface area contributed by atoms with Gasteiger partial charge in [0, 0.05) is 43.6 Å². The van der Waals surface area contributed by atoms with Crippen molar-refractivity contribution < 1.29 is 19.0 Å². The van der Waals surface area contributed by atoms with Crippen LogP contribution in [-0.2, 0) is 15.0 Å². The summed E-state index contributed by atoms with van der Waals surface area (Å²) >= 11 is 0. The summed E-state index contributed by atoms with van der Waals surface area (Å²) < 4.78 is 18.0. The highest BCUT2D eigenvalue weighted by Gasteiger charge is 2.49. The molecule has 2 aliphatic heterocycles. The highest BCUT2D eigenvalue weighted by atomic mass is 16.5. The Bertz CT molecular complexity index is 985. The largest absolute Gasteiger partial charge is 0.497 e. The first-order chi connectivity index (χ1) is 14.1. The summed E-state index contributed by atoms with van der Waals surface area (Å²) in [5, 5.41) is 0. The van der Waals surface area contributed by atoms with E-state index in [1.807, 2.05) is 18.2 Å². The number of nitrogens with two attached hydrogens (primary N) is 1. The van der Waals surface area contributed by atoms with Crippen molar-refractivity contribution in [3.05, 3.63) is 52.5 Å². The van der Waals surface area contributed by atoms with E-state index in [9.17, 15) is 4.79 Å². The summed E-state index contributed by atoms with van der Waals surface area (Å²) in [7, 11) is 3.46. The first-order valence-electron chi connectivity index (χ1n) is 10.2. The van der Waals surface area contributed by atoms with Crippen LogP contribution in [0.15, 0.2) is 46.4 Å². The minimum Gasteiger partial charge on any atom is -0.497 e. The number of nitrogens with zero attached hydrogens (tertiary/aromatic N) is 2. The van der Waals surface area contributed by atoms with Gasteiger partial charge >= 0.3 is 0 Å². The third kappa shape index (κ3) is 3.53. The van der Waals surface area contributed by atoms with Gasteiger partial charge in [-0.15, -0.1) is 0 Å². The number of carbonyl (C=O) groups is 1. The van der Waals surface area contributed by atoms with Crippen molar-refractivity contribution in [2.24, 2.45) is 16.1 Å². The molecule has 0 fully saturated rings. The van der Waals surface area contributed by atoms with Crippen LogP contribution in [0.4, 0.5) is 0 Å². The van der Waals surface area contributed by atoms with E-state index in [0.717, 1.165) is 29.1 Å². The molecule has 7 nitrogen and oxygen atoms in total. The summed E-state index contributed by atoms with van der Waals surface area (Å²) in [6.07, 6.45) is 3.48. The van der Waals surface area contributed by atoms with Crippen molar-refractivity contribution in [3.8, 4) is 5.75 Å². The van der Waals surface area contributed by atoms with Gasteiger partial charge in [0.05, 0.1) is 12.4 Å². The van der Waals surface area contributed by atoms with Gasteiger partial charge in [0.1, 0.15) is 18.1 Å². The standard InChI is InChI=1S/C23H29N3O4/c1-22(2,3)12-28-15-7-9-19-17(11-15)23(13-29-21(24)25-23)16-10-14(20(27)26(4)5)6-8-18(16)30-19/h6,8,10-11H,7,9,12-13H2,1-5H3,(H2,24,25). The molecule has 1 aromatic rings. The van der Waals surface area contributed by atoms with Gasteiger partial charge in [-0.3, -0.25) is 4.79 Å². The van der Waals surface area contributed by atoms with E-state index in [2.05, 4.69) is 20.8 Å². The molecule has 0 bridgehead atoms. The number of allylic oxidation sites excluding steroid dienone is 2. The lowest BCUT2D eigenvalue weighted by Crippen LogP contribution is -2.35.